The van der Waals surface area contributed by atoms with Gasteiger partial charge in [-0.3, -0.25) is 5.41 Å². The number of hydrogen-bond donors (Lipinski definition) is 7. The van der Waals surface area contributed by atoms with Crippen LogP contribution in [0, 0.1) is 5.41 Å². The zero-order chi connectivity index (χ0) is 19.1. The number of anilines is 2. The number of nitrogens with two attached hydrogens (primary N) is 1. The number of nitrogens with one attached hydrogen (secondary N) is 1. The van der Waals surface area contributed by atoms with Crippen LogP contribution >= 0.6 is 0 Å². The van der Waals surface area contributed by atoms with E-state index >= 15 is 0 Å². The third-order valence-corrected chi connectivity index (χ3v) is 3.43. The van der Waals surface area contributed by atoms with Crippen LogP contribution in [0.4, 0.5) is 11.6 Å². The second-order valence-electron chi connectivity index (χ2n) is 5.29. The van der Waals surface area contributed by atoms with Crippen LogP contribution in [0.2, 0.25) is 0 Å². The summed E-state index contributed by atoms with van der Waals surface area (Å²) in [5, 5.41) is 49.2. The third kappa shape index (κ3) is 5.61. The molecule has 0 saturated carbocycles. The van der Waals surface area contributed by atoms with Gasteiger partial charge in [0.15, 0.2) is 12.2 Å². The summed E-state index contributed by atoms with van der Waals surface area (Å²) < 4.78 is 0.577. The SMILES string of the molecule is N=c1nc(N2CCCCC2)cc(N)n1O.O=C(O)[C@H](O)[C@@H](O)C(=O)O. The molecule has 8 N–H and O–H groups in total. The lowest BCUT2D eigenvalue weighted by Crippen LogP contribution is -2.39. The predicted octanol–water partition coefficient (Wildman–Crippen LogP) is -1.95. The van der Waals surface area contributed by atoms with Gasteiger partial charge in [-0.05, 0) is 19.3 Å². The maximum Gasteiger partial charge on any atom is 0.335 e. The molecular weight excluding hydrogens is 338 g/mol. The summed E-state index contributed by atoms with van der Waals surface area (Å²) in [6, 6.07) is 1.60. The van der Waals surface area contributed by atoms with E-state index in [0.29, 0.717) is 10.5 Å². The maximum absolute atomic E-state index is 9.77. The van der Waals surface area contributed by atoms with Gasteiger partial charge in [0.1, 0.15) is 11.6 Å². The topological polar surface area (TPSA) is 206 Å². The molecule has 1 aromatic rings. The zero-order valence-corrected chi connectivity index (χ0v) is 13.2. The van der Waals surface area contributed by atoms with Crippen molar-refractivity contribution in [3.8, 4) is 0 Å². The van der Waals surface area contributed by atoms with Gasteiger partial charge in [0.2, 0.25) is 0 Å². The van der Waals surface area contributed by atoms with Crippen LogP contribution in [0.5, 0.6) is 0 Å². The van der Waals surface area contributed by atoms with Gasteiger partial charge < -0.3 is 36.3 Å². The Kier molecular flexibility index (Phi) is 7.14. The van der Waals surface area contributed by atoms with Crippen molar-refractivity contribution >= 4 is 23.6 Å². The first-order chi connectivity index (χ1) is 11.6. The zero-order valence-electron chi connectivity index (χ0n) is 13.2. The van der Waals surface area contributed by atoms with E-state index in [0.717, 1.165) is 25.9 Å². The smallest absolute Gasteiger partial charge is 0.335 e. The van der Waals surface area contributed by atoms with E-state index in [1.165, 1.54) is 6.42 Å². The molecule has 1 fully saturated rings. The molecule has 0 aliphatic carbocycles. The highest BCUT2D eigenvalue weighted by atomic mass is 16.5. The Morgan fingerprint density at radius 1 is 1.12 bits per heavy atom. The average molecular weight is 359 g/mol. The van der Waals surface area contributed by atoms with Crippen LogP contribution in [-0.2, 0) is 9.59 Å². The molecule has 2 rings (SSSR count). The number of aliphatic hydroxyl groups excluding tert-OH is 2. The minimum absolute atomic E-state index is 0.149. The lowest BCUT2D eigenvalue weighted by atomic mass is 10.1. The number of nitrogen functional groups attached to an aromatic ring is 1. The molecule has 1 aliphatic heterocycles. The Labute approximate surface area is 141 Å². The molecule has 12 heteroatoms. The number of hydrogen-bond acceptors (Lipinski definition) is 9. The number of rotatable bonds is 4. The Hall–Kier alpha value is -2.86. The Balaban J connectivity index is 0.000000275. The minimum Gasteiger partial charge on any atom is -0.479 e. The second-order valence-corrected chi connectivity index (χ2v) is 5.29. The predicted molar refractivity (Wildman–Crippen MR) is 83.0 cm³/mol. The first kappa shape index (κ1) is 20.2. The van der Waals surface area contributed by atoms with Gasteiger partial charge in [-0.25, -0.2) is 9.59 Å². The summed E-state index contributed by atoms with van der Waals surface area (Å²) in [4.78, 5) is 25.6. The molecule has 1 aliphatic rings. The molecule has 2 heterocycles. The molecule has 0 amide bonds. The number of carbonyl (C=O) groups is 2. The quantitative estimate of drug-likeness (QED) is 0.296. The van der Waals surface area contributed by atoms with Crippen molar-refractivity contribution in [2.45, 2.75) is 31.5 Å². The van der Waals surface area contributed by atoms with Gasteiger partial charge >= 0.3 is 11.9 Å². The summed E-state index contributed by atoms with van der Waals surface area (Å²) in [6.07, 6.45) is -1.01. The summed E-state index contributed by atoms with van der Waals surface area (Å²) >= 11 is 0. The van der Waals surface area contributed by atoms with Crippen LogP contribution in [0.25, 0.3) is 0 Å². The lowest BCUT2D eigenvalue weighted by Gasteiger charge is -2.27. The van der Waals surface area contributed by atoms with Crippen molar-refractivity contribution < 1.29 is 35.2 Å². The number of nitrogens with zero attached hydrogens (tertiary/aromatic N) is 3. The Morgan fingerprint density at radius 3 is 2.00 bits per heavy atom. The maximum atomic E-state index is 9.77. The highest BCUT2D eigenvalue weighted by Gasteiger charge is 2.29. The van der Waals surface area contributed by atoms with Crippen molar-refractivity contribution in [2.24, 2.45) is 0 Å². The summed E-state index contributed by atoms with van der Waals surface area (Å²) in [5.74, 6) is -2.71. The van der Waals surface area contributed by atoms with E-state index in [1.54, 1.807) is 6.07 Å². The van der Waals surface area contributed by atoms with Crippen molar-refractivity contribution in [1.29, 1.82) is 5.41 Å². The van der Waals surface area contributed by atoms with E-state index < -0.39 is 24.1 Å². The van der Waals surface area contributed by atoms with Crippen molar-refractivity contribution in [1.82, 2.24) is 9.71 Å². The van der Waals surface area contributed by atoms with Crippen molar-refractivity contribution in [3.05, 3.63) is 11.7 Å². The van der Waals surface area contributed by atoms with Gasteiger partial charge in [0, 0.05) is 19.2 Å². The first-order valence-electron chi connectivity index (χ1n) is 7.35. The molecular formula is C13H21N5O7. The Morgan fingerprint density at radius 2 is 1.60 bits per heavy atom. The normalized spacial score (nSPS) is 16.3. The molecule has 140 valence electrons. The van der Waals surface area contributed by atoms with Crippen LogP contribution < -0.4 is 16.3 Å². The molecule has 0 bridgehead atoms. The minimum atomic E-state index is -2.27. The van der Waals surface area contributed by atoms with Gasteiger partial charge in [-0.1, -0.05) is 0 Å². The van der Waals surface area contributed by atoms with E-state index in [2.05, 4.69) is 9.88 Å². The molecule has 0 unspecified atom stereocenters. The molecule has 25 heavy (non-hydrogen) atoms. The second kappa shape index (κ2) is 8.84. The molecule has 1 aromatic heterocycles. The average Bonchev–Trinajstić information content (AvgIpc) is 2.59. The fourth-order valence-electron chi connectivity index (χ4n) is 2.06. The van der Waals surface area contributed by atoms with E-state index in [1.807, 2.05) is 0 Å². The largest absolute Gasteiger partial charge is 0.479 e. The monoisotopic (exact) mass is 359 g/mol. The first-order valence-corrected chi connectivity index (χ1v) is 7.35. The molecule has 0 spiro atoms. The standard InChI is InChI=1S/C9H15N5O.C4H6O6/c10-7-6-8(12-9(11)14(7)15)13-4-2-1-3-5-13;5-1(3(7)8)2(6)4(9)10/h6,11,15H,1-5,10H2;1-2,5-6H,(H,7,8)(H,9,10)/t;1-,2-/m.1/s1. The highest BCUT2D eigenvalue weighted by Crippen LogP contribution is 2.17. The van der Waals surface area contributed by atoms with Gasteiger partial charge in [-0.2, -0.15) is 4.98 Å². The van der Waals surface area contributed by atoms with E-state index in [-0.39, 0.29) is 11.4 Å². The summed E-state index contributed by atoms with van der Waals surface area (Å²) in [6.45, 7) is 1.89. The number of piperidine rings is 1. The molecule has 1 saturated heterocycles. The van der Waals surface area contributed by atoms with Crippen molar-refractivity contribution in [2.75, 3.05) is 23.7 Å². The molecule has 12 nitrogen and oxygen atoms in total. The number of aliphatic carboxylic acids is 2. The van der Waals surface area contributed by atoms with Crippen LogP contribution in [0.1, 0.15) is 19.3 Å². The lowest BCUT2D eigenvalue weighted by molar-refractivity contribution is -0.165. The molecule has 2 atom stereocenters. The van der Waals surface area contributed by atoms with Gasteiger partial charge in [0.25, 0.3) is 5.62 Å². The van der Waals surface area contributed by atoms with Crippen LogP contribution in [-0.4, -0.2) is 72.6 Å². The van der Waals surface area contributed by atoms with Gasteiger partial charge in [0.05, 0.1) is 0 Å². The fourth-order valence-corrected chi connectivity index (χ4v) is 2.06. The van der Waals surface area contributed by atoms with E-state index in [4.69, 9.17) is 31.6 Å². The summed E-state index contributed by atoms with van der Waals surface area (Å²) in [5.41, 5.74) is 5.33. The fraction of sp³-hybridized carbons (Fsp3) is 0.538. The Bertz CT molecular complexity index is 653. The highest BCUT2D eigenvalue weighted by molar-refractivity contribution is 5.83. The molecule has 0 radical (unpaired) electrons. The summed E-state index contributed by atoms with van der Waals surface area (Å²) in [7, 11) is 0. The van der Waals surface area contributed by atoms with Crippen molar-refractivity contribution in [3.63, 3.8) is 0 Å². The molecule has 0 aromatic carbocycles. The number of aromatic nitrogens is 2. The number of aliphatic hydroxyl groups is 2. The number of carboxylic acids is 2. The number of carboxylic acid groups (broad SMARTS) is 2. The van der Waals surface area contributed by atoms with Crippen LogP contribution in [0.15, 0.2) is 6.07 Å². The van der Waals surface area contributed by atoms with E-state index in [9.17, 15) is 14.8 Å². The third-order valence-electron chi connectivity index (χ3n) is 3.43. The van der Waals surface area contributed by atoms with Crippen LogP contribution in [0.3, 0.4) is 0 Å². The van der Waals surface area contributed by atoms with Gasteiger partial charge in [-0.15, -0.1) is 4.73 Å².